The van der Waals surface area contributed by atoms with Crippen LogP contribution in [-0.2, 0) is 38.1 Å². The molecule has 6 nitrogen and oxygen atoms in total. The highest BCUT2D eigenvalue weighted by molar-refractivity contribution is 5.72. The number of esters is 3. The highest BCUT2D eigenvalue weighted by Crippen LogP contribution is 2.45. The lowest BCUT2D eigenvalue weighted by Crippen LogP contribution is -2.29. The zero-order valence-corrected chi connectivity index (χ0v) is 25.3. The Hall–Kier alpha value is -3.93. The van der Waals surface area contributed by atoms with E-state index in [0.29, 0.717) is 30.1 Å². The van der Waals surface area contributed by atoms with Crippen molar-refractivity contribution in [3.63, 3.8) is 0 Å². The summed E-state index contributed by atoms with van der Waals surface area (Å²) in [7, 11) is 0. The Morgan fingerprint density at radius 2 is 1.12 bits per heavy atom. The second-order valence-corrected chi connectivity index (χ2v) is 11.3. The summed E-state index contributed by atoms with van der Waals surface area (Å²) in [6.07, 6.45) is 3.63. The summed E-state index contributed by atoms with van der Waals surface area (Å²) in [5.74, 6) is 0.496. The van der Waals surface area contributed by atoms with E-state index in [1.165, 1.54) is 20.8 Å². The molecule has 2 atom stereocenters. The van der Waals surface area contributed by atoms with Crippen LogP contribution in [0.5, 0.6) is 17.2 Å². The number of benzene rings is 3. The smallest absolute Gasteiger partial charge is 0.308 e. The largest absolute Gasteiger partial charge is 0.426 e. The lowest BCUT2D eigenvalue weighted by atomic mass is 9.71. The van der Waals surface area contributed by atoms with E-state index >= 15 is 0 Å². The van der Waals surface area contributed by atoms with Crippen molar-refractivity contribution in [1.29, 1.82) is 0 Å². The van der Waals surface area contributed by atoms with Crippen LogP contribution >= 0.6 is 0 Å². The van der Waals surface area contributed by atoms with E-state index in [1.807, 2.05) is 60.7 Å². The van der Waals surface area contributed by atoms with Gasteiger partial charge in [0.25, 0.3) is 0 Å². The zero-order chi connectivity index (χ0) is 30.2. The SMILES string of the molecule is CCCC(C)(Cc1ccccc1OC(C)=O)c1cccc(CC(C)(CC)c2ccccc2OC(C)=O)c1OC(C)=O. The van der Waals surface area contributed by atoms with Crippen molar-refractivity contribution < 1.29 is 28.6 Å². The number of hydrogen-bond donors (Lipinski definition) is 0. The van der Waals surface area contributed by atoms with Crippen LogP contribution in [0.1, 0.15) is 90.0 Å². The van der Waals surface area contributed by atoms with Crippen LogP contribution in [-0.4, -0.2) is 17.9 Å². The van der Waals surface area contributed by atoms with Gasteiger partial charge >= 0.3 is 17.9 Å². The predicted molar refractivity (Wildman–Crippen MR) is 161 cm³/mol. The molecule has 0 saturated carbocycles. The van der Waals surface area contributed by atoms with Crippen LogP contribution < -0.4 is 14.2 Å². The molecule has 0 aromatic heterocycles. The summed E-state index contributed by atoms with van der Waals surface area (Å²) in [6, 6.07) is 21.2. The van der Waals surface area contributed by atoms with Crippen molar-refractivity contribution in [2.24, 2.45) is 0 Å². The van der Waals surface area contributed by atoms with Gasteiger partial charge in [0.15, 0.2) is 0 Å². The molecule has 0 aliphatic carbocycles. The van der Waals surface area contributed by atoms with Crippen molar-refractivity contribution >= 4 is 17.9 Å². The Kier molecular flexibility index (Phi) is 10.5. The Morgan fingerprint density at radius 3 is 1.73 bits per heavy atom. The fraction of sp³-hybridized carbons (Fsp3) is 0.400. The van der Waals surface area contributed by atoms with Crippen molar-refractivity contribution in [2.75, 3.05) is 0 Å². The Bertz CT molecular complexity index is 1390. The molecule has 0 fully saturated rings. The summed E-state index contributed by atoms with van der Waals surface area (Å²) in [5, 5.41) is 0. The maximum atomic E-state index is 12.5. The van der Waals surface area contributed by atoms with Gasteiger partial charge in [0.2, 0.25) is 0 Å². The average Bonchev–Trinajstić information content (AvgIpc) is 2.90. The van der Waals surface area contributed by atoms with Crippen molar-refractivity contribution in [2.45, 2.75) is 91.4 Å². The molecule has 3 aromatic carbocycles. The first-order valence-corrected chi connectivity index (χ1v) is 14.3. The van der Waals surface area contributed by atoms with Crippen molar-refractivity contribution in [3.8, 4) is 17.2 Å². The van der Waals surface area contributed by atoms with Crippen LogP contribution in [0.25, 0.3) is 0 Å². The number of carbonyl (C=O) groups excluding carboxylic acids is 3. The maximum absolute atomic E-state index is 12.5. The molecule has 0 heterocycles. The van der Waals surface area contributed by atoms with Gasteiger partial charge in [-0.1, -0.05) is 88.7 Å². The minimum Gasteiger partial charge on any atom is -0.426 e. The van der Waals surface area contributed by atoms with Gasteiger partial charge in [0.1, 0.15) is 17.2 Å². The van der Waals surface area contributed by atoms with Gasteiger partial charge in [-0.3, -0.25) is 14.4 Å². The maximum Gasteiger partial charge on any atom is 0.308 e. The molecule has 3 aromatic rings. The summed E-state index contributed by atoms with van der Waals surface area (Å²) in [6.45, 7) is 12.8. The molecular formula is C35H42O6. The molecule has 41 heavy (non-hydrogen) atoms. The molecule has 3 rings (SSSR count). The van der Waals surface area contributed by atoms with E-state index in [2.05, 4.69) is 27.7 Å². The number of hydrogen-bond acceptors (Lipinski definition) is 6. The van der Waals surface area contributed by atoms with Gasteiger partial charge in [-0.2, -0.15) is 0 Å². The van der Waals surface area contributed by atoms with Crippen LogP contribution in [0.15, 0.2) is 66.7 Å². The number of rotatable bonds is 12. The normalized spacial score (nSPS) is 13.9. The number of para-hydroxylation sites is 3. The highest BCUT2D eigenvalue weighted by atomic mass is 16.5. The van der Waals surface area contributed by atoms with E-state index in [-0.39, 0.29) is 11.9 Å². The van der Waals surface area contributed by atoms with E-state index in [0.717, 1.165) is 41.5 Å². The van der Waals surface area contributed by atoms with Gasteiger partial charge in [0.05, 0.1) is 0 Å². The van der Waals surface area contributed by atoms with Crippen LogP contribution in [0.2, 0.25) is 0 Å². The van der Waals surface area contributed by atoms with Crippen LogP contribution in [0, 0.1) is 0 Å². The summed E-state index contributed by atoms with van der Waals surface area (Å²) in [4.78, 5) is 36.1. The molecule has 0 N–H and O–H groups in total. The second kappa shape index (κ2) is 13.6. The molecule has 0 saturated heterocycles. The van der Waals surface area contributed by atoms with Crippen molar-refractivity contribution in [1.82, 2.24) is 0 Å². The topological polar surface area (TPSA) is 78.9 Å². The molecule has 218 valence electrons. The second-order valence-electron chi connectivity index (χ2n) is 11.3. The van der Waals surface area contributed by atoms with Gasteiger partial charge in [-0.25, -0.2) is 0 Å². The highest BCUT2D eigenvalue weighted by Gasteiger charge is 2.35. The van der Waals surface area contributed by atoms with Gasteiger partial charge < -0.3 is 14.2 Å². The predicted octanol–water partition coefficient (Wildman–Crippen LogP) is 7.67. The monoisotopic (exact) mass is 558 g/mol. The summed E-state index contributed by atoms with van der Waals surface area (Å²) >= 11 is 0. The van der Waals surface area contributed by atoms with E-state index in [1.54, 1.807) is 6.07 Å². The molecule has 2 unspecified atom stereocenters. The number of ether oxygens (including phenoxy) is 3. The van der Waals surface area contributed by atoms with Gasteiger partial charge in [-0.05, 0) is 48.9 Å². The number of carbonyl (C=O) groups is 3. The third-order valence-electron chi connectivity index (χ3n) is 7.75. The first-order valence-electron chi connectivity index (χ1n) is 14.3. The lowest BCUT2D eigenvalue weighted by Gasteiger charge is -2.35. The third kappa shape index (κ3) is 7.84. The molecule has 0 aliphatic heterocycles. The van der Waals surface area contributed by atoms with Gasteiger partial charge in [0, 0.05) is 42.7 Å². The Labute approximate surface area is 244 Å². The molecule has 0 amide bonds. The van der Waals surface area contributed by atoms with E-state index in [9.17, 15) is 14.4 Å². The Morgan fingerprint density at radius 1 is 0.610 bits per heavy atom. The summed E-state index contributed by atoms with van der Waals surface area (Å²) in [5.41, 5.74) is 2.81. The third-order valence-corrected chi connectivity index (χ3v) is 7.75. The molecule has 6 heteroatoms. The average molecular weight is 559 g/mol. The van der Waals surface area contributed by atoms with E-state index < -0.39 is 16.8 Å². The van der Waals surface area contributed by atoms with E-state index in [4.69, 9.17) is 14.2 Å². The minimum absolute atomic E-state index is 0.370. The molecule has 0 radical (unpaired) electrons. The van der Waals surface area contributed by atoms with Crippen LogP contribution in [0.4, 0.5) is 0 Å². The molecule has 0 aliphatic rings. The first-order chi connectivity index (χ1) is 19.4. The lowest BCUT2D eigenvalue weighted by molar-refractivity contribution is -0.133. The molecular weight excluding hydrogens is 516 g/mol. The molecule has 0 bridgehead atoms. The fourth-order valence-corrected chi connectivity index (χ4v) is 5.70. The minimum atomic E-state index is -0.427. The van der Waals surface area contributed by atoms with Crippen molar-refractivity contribution in [3.05, 3.63) is 89.0 Å². The van der Waals surface area contributed by atoms with Crippen LogP contribution in [0.3, 0.4) is 0 Å². The van der Waals surface area contributed by atoms with Gasteiger partial charge in [-0.15, -0.1) is 0 Å². The first kappa shape index (κ1) is 31.6. The standard InChI is InChI=1S/C35H42O6/c1-8-21-35(7,22-27-15-10-12-19-31(27)39-24(3)36)30-18-14-16-28(33(30)41-26(5)38)23-34(6,9-2)29-17-11-13-20-32(29)40-25(4)37/h10-20H,8-9,21-23H2,1-7H3. The fourth-order valence-electron chi connectivity index (χ4n) is 5.70. The zero-order valence-electron chi connectivity index (χ0n) is 25.3. The molecule has 0 spiro atoms. The summed E-state index contributed by atoms with van der Waals surface area (Å²) < 4.78 is 17.1. The Balaban J connectivity index is 2.16. The quantitative estimate of drug-likeness (QED) is 0.168.